The Balaban J connectivity index is 2.53. The molecule has 0 aliphatic carbocycles. The van der Waals surface area contributed by atoms with Gasteiger partial charge in [-0.2, -0.15) is 0 Å². The summed E-state index contributed by atoms with van der Waals surface area (Å²) in [6.07, 6.45) is 1.71. The van der Waals surface area contributed by atoms with Gasteiger partial charge in [0.2, 0.25) is 0 Å². The number of hydrogen-bond acceptors (Lipinski definition) is 3. The molecule has 3 heteroatoms. The van der Waals surface area contributed by atoms with Crippen LogP contribution in [0.1, 0.15) is 24.3 Å². The van der Waals surface area contributed by atoms with Crippen molar-refractivity contribution in [1.29, 1.82) is 0 Å². The van der Waals surface area contributed by atoms with Gasteiger partial charge in [-0.1, -0.05) is 0 Å². The molecule has 58 valence electrons. The Morgan fingerprint density at radius 2 is 2.64 bits per heavy atom. The number of rotatable bonds is 2. The van der Waals surface area contributed by atoms with Gasteiger partial charge >= 0.3 is 0 Å². The fourth-order valence-electron chi connectivity index (χ4n) is 0.690. The number of aliphatic hydroxyl groups excluding tert-OH is 1. The van der Waals surface area contributed by atoms with Gasteiger partial charge in [0.15, 0.2) is 0 Å². The highest BCUT2D eigenvalue weighted by atomic mass is 32.1. The van der Waals surface area contributed by atoms with Crippen LogP contribution in [0, 0.1) is 11.8 Å². The fraction of sp³-hybridized carbons (Fsp3) is 0.375. The van der Waals surface area contributed by atoms with Gasteiger partial charge in [-0.15, -0.1) is 23.2 Å². The summed E-state index contributed by atoms with van der Waals surface area (Å²) in [6, 6.07) is 0. The van der Waals surface area contributed by atoms with Gasteiger partial charge in [0.1, 0.15) is 6.10 Å². The third-order valence-corrected chi connectivity index (χ3v) is 2.13. The SMILES string of the molecule is CC#CCC(O)c1cncs1. The lowest BCUT2D eigenvalue weighted by atomic mass is 10.2. The summed E-state index contributed by atoms with van der Waals surface area (Å²) in [6.45, 7) is 1.76. The Bertz CT molecular complexity index is 257. The van der Waals surface area contributed by atoms with Crippen LogP contribution in [0.5, 0.6) is 0 Å². The Morgan fingerprint density at radius 3 is 3.18 bits per heavy atom. The molecule has 1 unspecified atom stereocenters. The lowest BCUT2D eigenvalue weighted by molar-refractivity contribution is 0.187. The van der Waals surface area contributed by atoms with Crippen molar-refractivity contribution in [3.05, 3.63) is 16.6 Å². The molecule has 1 aromatic rings. The van der Waals surface area contributed by atoms with Gasteiger partial charge in [-0.25, -0.2) is 0 Å². The smallest absolute Gasteiger partial charge is 0.101 e. The Hall–Kier alpha value is -0.850. The number of thiazole rings is 1. The van der Waals surface area contributed by atoms with Crippen LogP contribution >= 0.6 is 11.3 Å². The third-order valence-electron chi connectivity index (χ3n) is 1.25. The highest BCUT2D eigenvalue weighted by molar-refractivity contribution is 7.09. The summed E-state index contributed by atoms with van der Waals surface area (Å²) >= 11 is 1.45. The van der Waals surface area contributed by atoms with Crippen LogP contribution < -0.4 is 0 Å². The van der Waals surface area contributed by atoms with Crippen LogP contribution in [0.15, 0.2) is 11.7 Å². The zero-order valence-corrected chi connectivity index (χ0v) is 7.06. The van der Waals surface area contributed by atoms with E-state index in [1.54, 1.807) is 18.6 Å². The molecule has 0 bridgehead atoms. The van der Waals surface area contributed by atoms with Crippen molar-refractivity contribution in [2.75, 3.05) is 0 Å². The molecule has 0 saturated heterocycles. The molecule has 0 aromatic carbocycles. The molecule has 0 radical (unpaired) electrons. The monoisotopic (exact) mass is 167 g/mol. The minimum Gasteiger partial charge on any atom is -0.387 e. The van der Waals surface area contributed by atoms with Crippen LogP contribution in [0.2, 0.25) is 0 Å². The van der Waals surface area contributed by atoms with E-state index < -0.39 is 6.10 Å². The van der Waals surface area contributed by atoms with Crippen molar-refractivity contribution in [3.63, 3.8) is 0 Å². The molecule has 1 aromatic heterocycles. The summed E-state index contributed by atoms with van der Waals surface area (Å²) in [5.74, 6) is 5.55. The quantitative estimate of drug-likeness (QED) is 0.678. The molecule has 1 rings (SSSR count). The Kier molecular flexibility index (Phi) is 3.09. The zero-order valence-electron chi connectivity index (χ0n) is 6.24. The predicted molar refractivity (Wildman–Crippen MR) is 45.1 cm³/mol. The molecule has 0 aliphatic rings. The predicted octanol–water partition coefficient (Wildman–Crippen LogP) is 1.59. The first-order valence-electron chi connectivity index (χ1n) is 3.30. The largest absolute Gasteiger partial charge is 0.387 e. The van der Waals surface area contributed by atoms with Crippen molar-refractivity contribution in [2.45, 2.75) is 19.4 Å². The van der Waals surface area contributed by atoms with E-state index in [1.807, 2.05) is 0 Å². The van der Waals surface area contributed by atoms with Crippen molar-refractivity contribution >= 4 is 11.3 Å². The highest BCUT2D eigenvalue weighted by Gasteiger charge is 2.05. The number of aromatic nitrogens is 1. The number of hydrogen-bond donors (Lipinski definition) is 1. The maximum atomic E-state index is 9.41. The maximum absolute atomic E-state index is 9.41. The van der Waals surface area contributed by atoms with E-state index in [0.717, 1.165) is 4.88 Å². The summed E-state index contributed by atoms with van der Waals surface area (Å²) in [7, 11) is 0. The summed E-state index contributed by atoms with van der Waals surface area (Å²) in [5, 5.41) is 9.41. The van der Waals surface area contributed by atoms with E-state index in [1.165, 1.54) is 11.3 Å². The molecule has 2 nitrogen and oxygen atoms in total. The van der Waals surface area contributed by atoms with Gasteiger partial charge in [0.25, 0.3) is 0 Å². The third kappa shape index (κ3) is 2.34. The number of nitrogens with zero attached hydrogens (tertiary/aromatic N) is 1. The molecule has 1 atom stereocenters. The Morgan fingerprint density at radius 1 is 1.82 bits per heavy atom. The van der Waals surface area contributed by atoms with E-state index in [2.05, 4.69) is 16.8 Å². The van der Waals surface area contributed by atoms with Gasteiger partial charge < -0.3 is 5.11 Å². The maximum Gasteiger partial charge on any atom is 0.101 e. The zero-order chi connectivity index (χ0) is 8.10. The molecular formula is C8H9NOS. The van der Waals surface area contributed by atoms with E-state index in [9.17, 15) is 5.11 Å². The first-order valence-corrected chi connectivity index (χ1v) is 4.18. The summed E-state index contributed by atoms with van der Waals surface area (Å²) in [4.78, 5) is 4.74. The molecular weight excluding hydrogens is 158 g/mol. The van der Waals surface area contributed by atoms with E-state index >= 15 is 0 Å². The van der Waals surface area contributed by atoms with E-state index in [-0.39, 0.29) is 0 Å². The molecule has 0 fully saturated rings. The second-order valence-corrected chi connectivity index (χ2v) is 2.97. The molecule has 11 heavy (non-hydrogen) atoms. The van der Waals surface area contributed by atoms with E-state index in [4.69, 9.17) is 0 Å². The van der Waals surface area contributed by atoms with Crippen LogP contribution in [-0.2, 0) is 0 Å². The van der Waals surface area contributed by atoms with Crippen LogP contribution in [0.4, 0.5) is 0 Å². The first-order chi connectivity index (χ1) is 5.34. The molecule has 1 N–H and O–H groups in total. The van der Waals surface area contributed by atoms with Crippen molar-refractivity contribution in [3.8, 4) is 11.8 Å². The second kappa shape index (κ2) is 4.12. The van der Waals surface area contributed by atoms with Crippen LogP contribution in [0.25, 0.3) is 0 Å². The van der Waals surface area contributed by atoms with Gasteiger partial charge in [-0.3, -0.25) is 4.98 Å². The minimum atomic E-state index is -0.463. The second-order valence-electron chi connectivity index (χ2n) is 2.05. The lowest BCUT2D eigenvalue weighted by Gasteiger charge is -2.00. The average molecular weight is 167 g/mol. The molecule has 0 saturated carbocycles. The van der Waals surface area contributed by atoms with Gasteiger partial charge in [0, 0.05) is 12.6 Å². The normalized spacial score (nSPS) is 11.8. The van der Waals surface area contributed by atoms with Crippen molar-refractivity contribution in [1.82, 2.24) is 4.98 Å². The summed E-state index contributed by atoms with van der Waals surface area (Å²) in [5.41, 5.74) is 1.71. The van der Waals surface area contributed by atoms with Crippen LogP contribution in [0.3, 0.4) is 0 Å². The fourth-order valence-corrected chi connectivity index (χ4v) is 1.30. The van der Waals surface area contributed by atoms with Crippen molar-refractivity contribution < 1.29 is 5.11 Å². The molecule has 0 spiro atoms. The minimum absolute atomic E-state index is 0.463. The Labute approximate surface area is 69.9 Å². The van der Waals surface area contributed by atoms with E-state index in [0.29, 0.717) is 6.42 Å². The molecule has 0 amide bonds. The average Bonchev–Trinajstić information content (AvgIpc) is 2.52. The summed E-state index contributed by atoms with van der Waals surface area (Å²) < 4.78 is 0. The standard InChI is InChI=1S/C8H9NOS/c1-2-3-4-7(10)8-5-9-6-11-8/h5-7,10H,4H2,1H3. The van der Waals surface area contributed by atoms with Crippen LogP contribution in [-0.4, -0.2) is 10.1 Å². The van der Waals surface area contributed by atoms with Gasteiger partial charge in [-0.05, 0) is 6.92 Å². The highest BCUT2D eigenvalue weighted by Crippen LogP contribution is 2.18. The molecule has 0 aliphatic heterocycles. The van der Waals surface area contributed by atoms with Gasteiger partial charge in [0.05, 0.1) is 10.4 Å². The topological polar surface area (TPSA) is 33.1 Å². The first kappa shape index (κ1) is 8.25. The lowest BCUT2D eigenvalue weighted by Crippen LogP contribution is -1.91. The number of aliphatic hydroxyl groups is 1. The van der Waals surface area contributed by atoms with Crippen molar-refractivity contribution in [2.24, 2.45) is 0 Å². The molecule has 1 heterocycles.